The minimum absolute atomic E-state index is 0.0942. The molecule has 1 heterocycles. The van der Waals surface area contributed by atoms with Crippen molar-refractivity contribution in [2.45, 2.75) is 25.8 Å². The summed E-state index contributed by atoms with van der Waals surface area (Å²) in [5, 5.41) is 6.11. The first-order valence-corrected chi connectivity index (χ1v) is 6.88. The summed E-state index contributed by atoms with van der Waals surface area (Å²) < 4.78 is 4.55. The molecule has 0 saturated heterocycles. The van der Waals surface area contributed by atoms with E-state index in [1.54, 1.807) is 0 Å². The second kappa shape index (κ2) is 7.05. The largest absolute Gasteiger partial charge is 0.469 e. The molecule has 0 radical (unpaired) electrons. The van der Waals surface area contributed by atoms with Crippen LogP contribution in [0, 0.1) is 0 Å². The number of amides is 1. The summed E-state index contributed by atoms with van der Waals surface area (Å²) in [6.07, 6.45) is 1.92. The Balaban J connectivity index is 1.85. The molecular weight excluding hydrogens is 256 g/mol. The minimum Gasteiger partial charge on any atom is -0.469 e. The zero-order chi connectivity index (χ0) is 14.4. The highest BCUT2D eigenvalue weighted by molar-refractivity contribution is 5.94. The number of hydrogen-bond acceptors (Lipinski definition) is 4. The zero-order valence-corrected chi connectivity index (χ0v) is 11.7. The highest BCUT2D eigenvalue weighted by atomic mass is 16.5. The Labute approximate surface area is 118 Å². The van der Waals surface area contributed by atoms with E-state index in [-0.39, 0.29) is 11.9 Å². The first-order valence-electron chi connectivity index (χ1n) is 6.88. The molecule has 0 unspecified atom stereocenters. The van der Waals surface area contributed by atoms with Crippen molar-refractivity contribution in [3.8, 4) is 0 Å². The smallest absolute Gasteiger partial charge is 0.305 e. The number of esters is 1. The van der Waals surface area contributed by atoms with Gasteiger partial charge < -0.3 is 15.4 Å². The van der Waals surface area contributed by atoms with Crippen LogP contribution in [0.5, 0.6) is 0 Å². The Morgan fingerprint density at radius 3 is 3.00 bits per heavy atom. The molecule has 0 saturated carbocycles. The third-order valence-corrected chi connectivity index (χ3v) is 3.43. The van der Waals surface area contributed by atoms with E-state index in [0.29, 0.717) is 24.9 Å². The summed E-state index contributed by atoms with van der Waals surface area (Å²) >= 11 is 0. The van der Waals surface area contributed by atoms with Crippen molar-refractivity contribution in [2.75, 3.05) is 20.2 Å². The SMILES string of the molecule is COC(=O)CCCNC(=O)c1ccc2c(c1)CNCC2. The van der Waals surface area contributed by atoms with Gasteiger partial charge in [0.15, 0.2) is 0 Å². The van der Waals surface area contributed by atoms with Crippen LogP contribution in [0.4, 0.5) is 0 Å². The number of methoxy groups -OCH3 is 1. The summed E-state index contributed by atoms with van der Waals surface area (Å²) in [4.78, 5) is 22.9. The van der Waals surface area contributed by atoms with E-state index in [1.807, 2.05) is 18.2 Å². The fourth-order valence-corrected chi connectivity index (χ4v) is 2.26. The molecule has 5 nitrogen and oxygen atoms in total. The van der Waals surface area contributed by atoms with Crippen LogP contribution < -0.4 is 10.6 Å². The number of benzene rings is 1. The standard InChI is InChI=1S/C15H20N2O3/c1-20-14(18)3-2-7-17-15(19)12-5-4-11-6-8-16-10-13(11)9-12/h4-5,9,16H,2-3,6-8,10H2,1H3,(H,17,19). The number of fused-ring (bicyclic) bond motifs is 1. The molecular formula is C15H20N2O3. The van der Waals surface area contributed by atoms with Gasteiger partial charge in [0.1, 0.15) is 0 Å². The Hall–Kier alpha value is -1.88. The number of ether oxygens (including phenoxy) is 1. The van der Waals surface area contributed by atoms with Gasteiger partial charge in [0, 0.05) is 25.1 Å². The fraction of sp³-hybridized carbons (Fsp3) is 0.467. The highest BCUT2D eigenvalue weighted by Gasteiger charge is 2.12. The van der Waals surface area contributed by atoms with Gasteiger partial charge in [0.2, 0.25) is 0 Å². The van der Waals surface area contributed by atoms with Crippen molar-refractivity contribution < 1.29 is 14.3 Å². The maximum Gasteiger partial charge on any atom is 0.305 e. The van der Waals surface area contributed by atoms with Crippen molar-refractivity contribution >= 4 is 11.9 Å². The van der Waals surface area contributed by atoms with Gasteiger partial charge in [0.25, 0.3) is 5.91 Å². The van der Waals surface area contributed by atoms with E-state index in [2.05, 4.69) is 15.4 Å². The Bertz CT molecular complexity index is 500. The lowest BCUT2D eigenvalue weighted by molar-refractivity contribution is -0.140. The van der Waals surface area contributed by atoms with Gasteiger partial charge in [-0.15, -0.1) is 0 Å². The van der Waals surface area contributed by atoms with Gasteiger partial charge in [-0.05, 0) is 42.6 Å². The number of nitrogens with one attached hydrogen (secondary N) is 2. The van der Waals surface area contributed by atoms with E-state index in [4.69, 9.17) is 0 Å². The van der Waals surface area contributed by atoms with E-state index >= 15 is 0 Å². The van der Waals surface area contributed by atoms with Crippen LogP contribution in [0.3, 0.4) is 0 Å². The number of rotatable bonds is 5. The second-order valence-electron chi connectivity index (χ2n) is 4.85. The first-order chi connectivity index (χ1) is 9.70. The van der Waals surface area contributed by atoms with Crippen molar-refractivity contribution in [1.82, 2.24) is 10.6 Å². The van der Waals surface area contributed by atoms with E-state index in [0.717, 1.165) is 19.5 Å². The molecule has 1 aliphatic rings. The third kappa shape index (κ3) is 3.81. The predicted octanol–water partition coefficient (Wildman–Crippen LogP) is 1.02. The lowest BCUT2D eigenvalue weighted by Crippen LogP contribution is -2.27. The van der Waals surface area contributed by atoms with E-state index in [1.165, 1.54) is 18.2 Å². The molecule has 0 fully saturated rings. The molecule has 20 heavy (non-hydrogen) atoms. The third-order valence-electron chi connectivity index (χ3n) is 3.43. The first kappa shape index (κ1) is 14.5. The van der Waals surface area contributed by atoms with E-state index in [9.17, 15) is 9.59 Å². The van der Waals surface area contributed by atoms with Gasteiger partial charge in [-0.1, -0.05) is 6.07 Å². The number of carbonyl (C=O) groups excluding carboxylic acids is 2. The molecule has 1 aromatic carbocycles. The molecule has 5 heteroatoms. The summed E-state index contributed by atoms with van der Waals surface area (Å²) in [6, 6.07) is 5.83. The van der Waals surface area contributed by atoms with Crippen molar-refractivity contribution in [2.24, 2.45) is 0 Å². The molecule has 1 aromatic rings. The van der Waals surface area contributed by atoms with Gasteiger partial charge in [-0.25, -0.2) is 0 Å². The minimum atomic E-state index is -0.251. The topological polar surface area (TPSA) is 67.4 Å². The monoisotopic (exact) mass is 276 g/mol. The average molecular weight is 276 g/mol. The van der Waals surface area contributed by atoms with Crippen molar-refractivity contribution in [3.05, 3.63) is 34.9 Å². The molecule has 0 aromatic heterocycles. The van der Waals surface area contributed by atoms with Gasteiger partial charge >= 0.3 is 5.97 Å². The molecule has 0 spiro atoms. The quantitative estimate of drug-likeness (QED) is 0.622. The fourth-order valence-electron chi connectivity index (χ4n) is 2.26. The number of hydrogen-bond donors (Lipinski definition) is 2. The van der Waals surface area contributed by atoms with Crippen LogP contribution in [0.25, 0.3) is 0 Å². The normalized spacial score (nSPS) is 13.4. The molecule has 0 aliphatic carbocycles. The Morgan fingerprint density at radius 2 is 2.20 bits per heavy atom. The summed E-state index contributed by atoms with van der Waals surface area (Å²) in [5.41, 5.74) is 3.18. The van der Waals surface area contributed by atoms with Crippen molar-refractivity contribution in [1.29, 1.82) is 0 Å². The summed E-state index contributed by atoms with van der Waals surface area (Å²) in [5.74, 6) is -0.345. The Kier molecular flexibility index (Phi) is 5.12. The van der Waals surface area contributed by atoms with Gasteiger partial charge in [-0.3, -0.25) is 9.59 Å². The maximum absolute atomic E-state index is 12.0. The zero-order valence-electron chi connectivity index (χ0n) is 11.7. The van der Waals surface area contributed by atoms with Crippen molar-refractivity contribution in [3.63, 3.8) is 0 Å². The molecule has 108 valence electrons. The van der Waals surface area contributed by atoms with Crippen LogP contribution in [-0.4, -0.2) is 32.1 Å². The molecule has 0 bridgehead atoms. The van der Waals surface area contributed by atoms with Crippen LogP contribution in [0.1, 0.15) is 34.3 Å². The van der Waals surface area contributed by atoms with Crippen LogP contribution in [-0.2, 0) is 22.5 Å². The van der Waals surface area contributed by atoms with Gasteiger partial charge in [0.05, 0.1) is 7.11 Å². The maximum atomic E-state index is 12.0. The van der Waals surface area contributed by atoms with Crippen LogP contribution in [0.15, 0.2) is 18.2 Å². The average Bonchev–Trinajstić information content (AvgIpc) is 2.50. The second-order valence-corrected chi connectivity index (χ2v) is 4.85. The molecule has 2 N–H and O–H groups in total. The van der Waals surface area contributed by atoms with Crippen LogP contribution >= 0.6 is 0 Å². The lowest BCUT2D eigenvalue weighted by atomic mass is 9.98. The predicted molar refractivity (Wildman–Crippen MR) is 75.4 cm³/mol. The lowest BCUT2D eigenvalue weighted by Gasteiger charge is -2.17. The molecule has 1 aliphatic heterocycles. The molecule has 2 rings (SSSR count). The van der Waals surface area contributed by atoms with Gasteiger partial charge in [-0.2, -0.15) is 0 Å². The van der Waals surface area contributed by atoms with Crippen LogP contribution in [0.2, 0.25) is 0 Å². The number of carbonyl (C=O) groups is 2. The Morgan fingerprint density at radius 1 is 1.35 bits per heavy atom. The molecule has 1 amide bonds. The molecule has 0 atom stereocenters. The summed E-state index contributed by atoms with van der Waals surface area (Å²) in [7, 11) is 1.36. The highest BCUT2D eigenvalue weighted by Crippen LogP contribution is 2.15. The summed E-state index contributed by atoms with van der Waals surface area (Å²) in [6.45, 7) is 2.29. The van der Waals surface area contributed by atoms with E-state index < -0.39 is 0 Å².